The highest BCUT2D eigenvalue weighted by atomic mass is 19.1. The lowest BCUT2D eigenvalue weighted by Gasteiger charge is -2.00. The molecule has 1 rings (SSSR count). The van der Waals surface area contributed by atoms with Gasteiger partial charge in [0, 0.05) is 18.9 Å². The molecule has 0 aromatic heterocycles. The number of aldehydes is 1. The molecular formula is C10H8F2O2. The predicted octanol–water partition coefficient (Wildman–Crippen LogP) is 2.13. The molecule has 74 valence electrons. The number of halogens is 2. The largest absolute Gasteiger partial charge is 0.303 e. The minimum atomic E-state index is -0.888. The van der Waals surface area contributed by atoms with E-state index < -0.39 is 17.4 Å². The highest BCUT2D eigenvalue weighted by Crippen LogP contribution is 2.12. The van der Waals surface area contributed by atoms with Gasteiger partial charge in [-0.1, -0.05) is 0 Å². The molecule has 0 aliphatic heterocycles. The molecule has 0 unspecified atom stereocenters. The van der Waals surface area contributed by atoms with Crippen LogP contribution in [0.15, 0.2) is 18.2 Å². The van der Waals surface area contributed by atoms with Gasteiger partial charge in [-0.05, 0) is 12.1 Å². The van der Waals surface area contributed by atoms with Gasteiger partial charge in [0.1, 0.15) is 17.9 Å². The molecule has 1 aromatic rings. The number of ketones is 1. The zero-order chi connectivity index (χ0) is 10.6. The van der Waals surface area contributed by atoms with Gasteiger partial charge in [0.25, 0.3) is 0 Å². The molecule has 0 saturated heterocycles. The third kappa shape index (κ3) is 2.45. The van der Waals surface area contributed by atoms with Crippen LogP contribution in [0.4, 0.5) is 8.78 Å². The molecule has 0 aliphatic rings. The van der Waals surface area contributed by atoms with Crippen LogP contribution >= 0.6 is 0 Å². The van der Waals surface area contributed by atoms with Crippen LogP contribution in [-0.2, 0) is 4.79 Å². The Hall–Kier alpha value is -1.58. The summed E-state index contributed by atoms with van der Waals surface area (Å²) < 4.78 is 25.4. The third-order valence-corrected chi connectivity index (χ3v) is 1.72. The summed E-state index contributed by atoms with van der Waals surface area (Å²) >= 11 is 0. The van der Waals surface area contributed by atoms with Crippen molar-refractivity contribution in [2.45, 2.75) is 12.8 Å². The first kappa shape index (κ1) is 10.5. The van der Waals surface area contributed by atoms with Crippen LogP contribution in [0.5, 0.6) is 0 Å². The summed E-state index contributed by atoms with van der Waals surface area (Å²) in [5.41, 5.74) is -0.173. The fraction of sp³-hybridized carbons (Fsp3) is 0.200. The molecule has 1 aromatic carbocycles. The van der Waals surface area contributed by atoms with E-state index in [1.54, 1.807) is 0 Å². The molecular weight excluding hydrogens is 190 g/mol. The number of carbonyl (C=O) groups is 2. The molecule has 14 heavy (non-hydrogen) atoms. The van der Waals surface area contributed by atoms with Crippen molar-refractivity contribution < 1.29 is 18.4 Å². The van der Waals surface area contributed by atoms with E-state index in [2.05, 4.69) is 0 Å². The minimum absolute atomic E-state index is 0.0496. The summed E-state index contributed by atoms with van der Waals surface area (Å²) in [5.74, 6) is -2.11. The number of carbonyl (C=O) groups excluding carboxylic acids is 2. The van der Waals surface area contributed by atoms with E-state index in [9.17, 15) is 18.4 Å². The molecule has 0 bridgehead atoms. The van der Waals surface area contributed by atoms with Crippen LogP contribution in [0.1, 0.15) is 23.2 Å². The Labute approximate surface area is 79.5 Å². The average Bonchev–Trinajstić information content (AvgIpc) is 2.14. The van der Waals surface area contributed by atoms with Gasteiger partial charge >= 0.3 is 0 Å². The first-order chi connectivity index (χ1) is 6.65. The maximum Gasteiger partial charge on any atom is 0.166 e. The molecule has 0 N–H and O–H groups in total. The first-order valence-corrected chi connectivity index (χ1v) is 4.07. The Bertz CT molecular complexity index is 361. The molecule has 0 spiro atoms. The third-order valence-electron chi connectivity index (χ3n) is 1.72. The summed E-state index contributed by atoms with van der Waals surface area (Å²) in [6.45, 7) is 0. The maximum atomic E-state index is 13.0. The Kier molecular flexibility index (Phi) is 3.45. The van der Waals surface area contributed by atoms with Crippen molar-refractivity contribution in [2.75, 3.05) is 0 Å². The van der Waals surface area contributed by atoms with Gasteiger partial charge in [-0.15, -0.1) is 0 Å². The Morgan fingerprint density at radius 2 is 2.07 bits per heavy atom. The SMILES string of the molecule is O=CCCC(=O)c1ccc(F)cc1F. The average molecular weight is 198 g/mol. The topological polar surface area (TPSA) is 34.1 Å². The Morgan fingerprint density at radius 3 is 2.64 bits per heavy atom. The second-order valence-electron chi connectivity index (χ2n) is 2.75. The molecule has 0 saturated carbocycles. The lowest BCUT2D eigenvalue weighted by molar-refractivity contribution is -0.107. The number of rotatable bonds is 4. The highest BCUT2D eigenvalue weighted by molar-refractivity contribution is 5.97. The summed E-state index contributed by atoms with van der Waals surface area (Å²) in [5, 5.41) is 0. The van der Waals surface area contributed by atoms with Gasteiger partial charge in [-0.2, -0.15) is 0 Å². The van der Waals surface area contributed by atoms with E-state index in [1.807, 2.05) is 0 Å². The maximum absolute atomic E-state index is 13.0. The van der Waals surface area contributed by atoms with Crippen molar-refractivity contribution in [3.63, 3.8) is 0 Å². The van der Waals surface area contributed by atoms with Gasteiger partial charge < -0.3 is 4.79 Å². The fourth-order valence-corrected chi connectivity index (χ4v) is 1.04. The summed E-state index contributed by atoms with van der Waals surface area (Å²) in [6, 6.07) is 2.74. The molecule has 2 nitrogen and oxygen atoms in total. The van der Waals surface area contributed by atoms with Crippen molar-refractivity contribution >= 4 is 12.1 Å². The van der Waals surface area contributed by atoms with Crippen LogP contribution in [0.2, 0.25) is 0 Å². The molecule has 4 heteroatoms. The van der Waals surface area contributed by atoms with Gasteiger partial charge in [0.15, 0.2) is 5.78 Å². The molecule has 0 heterocycles. The van der Waals surface area contributed by atoms with E-state index in [1.165, 1.54) is 0 Å². The predicted molar refractivity (Wildman–Crippen MR) is 46.0 cm³/mol. The van der Waals surface area contributed by atoms with Gasteiger partial charge in [-0.3, -0.25) is 4.79 Å². The normalized spacial score (nSPS) is 9.86. The van der Waals surface area contributed by atoms with E-state index >= 15 is 0 Å². The van der Waals surface area contributed by atoms with Crippen molar-refractivity contribution in [3.05, 3.63) is 35.4 Å². The van der Waals surface area contributed by atoms with E-state index in [4.69, 9.17) is 0 Å². The van der Waals surface area contributed by atoms with Crippen molar-refractivity contribution in [2.24, 2.45) is 0 Å². The quantitative estimate of drug-likeness (QED) is 0.548. The minimum Gasteiger partial charge on any atom is -0.303 e. The summed E-state index contributed by atoms with van der Waals surface area (Å²) in [7, 11) is 0. The van der Waals surface area contributed by atoms with Crippen molar-refractivity contribution in [1.82, 2.24) is 0 Å². The fourth-order valence-electron chi connectivity index (χ4n) is 1.04. The lowest BCUT2D eigenvalue weighted by Crippen LogP contribution is -2.02. The smallest absolute Gasteiger partial charge is 0.166 e. The number of Topliss-reactive ketones (excluding diaryl/α,β-unsaturated/α-hetero) is 1. The Morgan fingerprint density at radius 1 is 1.36 bits per heavy atom. The lowest BCUT2D eigenvalue weighted by atomic mass is 10.1. The van der Waals surface area contributed by atoms with Crippen molar-refractivity contribution in [1.29, 1.82) is 0 Å². The highest BCUT2D eigenvalue weighted by Gasteiger charge is 2.11. The number of hydrogen-bond donors (Lipinski definition) is 0. The van der Waals surface area contributed by atoms with E-state index in [0.29, 0.717) is 12.4 Å². The van der Waals surface area contributed by atoms with Crippen LogP contribution < -0.4 is 0 Å². The molecule has 0 atom stereocenters. The molecule has 0 amide bonds. The zero-order valence-electron chi connectivity index (χ0n) is 7.30. The molecule has 0 radical (unpaired) electrons. The van der Waals surface area contributed by atoms with Crippen LogP contribution in [0, 0.1) is 11.6 Å². The standard InChI is InChI=1S/C10H8F2O2/c11-7-3-4-8(9(12)6-7)10(14)2-1-5-13/h3-6H,1-2H2. The van der Waals surface area contributed by atoms with Gasteiger partial charge in [0.05, 0.1) is 5.56 Å². The van der Waals surface area contributed by atoms with E-state index in [0.717, 1.165) is 12.1 Å². The second-order valence-corrected chi connectivity index (χ2v) is 2.75. The van der Waals surface area contributed by atoms with Crippen molar-refractivity contribution in [3.8, 4) is 0 Å². The zero-order valence-corrected chi connectivity index (χ0v) is 7.30. The van der Waals surface area contributed by atoms with Crippen LogP contribution in [0.3, 0.4) is 0 Å². The molecule has 0 aliphatic carbocycles. The number of benzene rings is 1. The van der Waals surface area contributed by atoms with Gasteiger partial charge in [0.2, 0.25) is 0 Å². The van der Waals surface area contributed by atoms with Crippen LogP contribution in [0.25, 0.3) is 0 Å². The Balaban J connectivity index is 2.84. The van der Waals surface area contributed by atoms with Crippen LogP contribution in [-0.4, -0.2) is 12.1 Å². The molecule has 0 fully saturated rings. The number of hydrogen-bond acceptors (Lipinski definition) is 2. The van der Waals surface area contributed by atoms with Gasteiger partial charge in [-0.25, -0.2) is 8.78 Å². The first-order valence-electron chi connectivity index (χ1n) is 4.07. The monoisotopic (exact) mass is 198 g/mol. The second kappa shape index (κ2) is 4.60. The van der Waals surface area contributed by atoms with E-state index in [-0.39, 0.29) is 18.4 Å². The summed E-state index contributed by atoms with van der Waals surface area (Å²) in [6.07, 6.45) is 0.584. The summed E-state index contributed by atoms with van der Waals surface area (Å²) in [4.78, 5) is 21.2.